The summed E-state index contributed by atoms with van der Waals surface area (Å²) in [7, 11) is -3.50. The molecule has 5 heteroatoms. The van der Waals surface area contributed by atoms with Crippen molar-refractivity contribution >= 4 is 38.3 Å². The molecule has 0 unspecified atom stereocenters. The number of benzene rings is 2. The van der Waals surface area contributed by atoms with Gasteiger partial charge in [-0.25, -0.2) is 8.42 Å². The van der Waals surface area contributed by atoms with E-state index >= 15 is 0 Å². The van der Waals surface area contributed by atoms with Gasteiger partial charge >= 0.3 is 0 Å². The first kappa shape index (κ1) is 13.4. The summed E-state index contributed by atoms with van der Waals surface area (Å²) in [6, 6.07) is 14.0. The van der Waals surface area contributed by atoms with Gasteiger partial charge in [0.1, 0.15) is 0 Å². The third kappa shape index (κ3) is 3.23. The van der Waals surface area contributed by atoms with Crippen molar-refractivity contribution in [3.05, 3.63) is 57.7 Å². The van der Waals surface area contributed by atoms with E-state index in [1.165, 1.54) is 0 Å². The minimum absolute atomic E-state index is 0.267. The van der Waals surface area contributed by atoms with Crippen LogP contribution in [0.5, 0.6) is 0 Å². The topological polar surface area (TPSA) is 46.2 Å². The Morgan fingerprint density at radius 3 is 2.06 bits per heavy atom. The largest absolute Gasteiger partial charge is 0.280 e. The number of sulfonamides is 1. The predicted octanol–water partition coefficient (Wildman–Crippen LogP) is 3.40. The van der Waals surface area contributed by atoms with Gasteiger partial charge in [-0.1, -0.05) is 17.7 Å². The zero-order chi connectivity index (χ0) is 13.2. The van der Waals surface area contributed by atoms with Gasteiger partial charge in [-0.05, 0) is 65.9 Å². The van der Waals surface area contributed by atoms with E-state index in [-0.39, 0.29) is 4.90 Å². The zero-order valence-corrected chi connectivity index (χ0v) is 12.7. The first-order valence-corrected chi connectivity index (χ1v) is 7.89. The Balaban J connectivity index is 2.27. The Morgan fingerprint density at radius 2 is 1.50 bits per heavy atom. The average molecular weight is 373 g/mol. The number of hydrogen-bond donors (Lipinski definition) is 1. The van der Waals surface area contributed by atoms with Gasteiger partial charge in [0, 0.05) is 9.26 Å². The molecular formula is C13H12INO2S. The van der Waals surface area contributed by atoms with Crippen LogP contribution in [-0.2, 0) is 10.0 Å². The van der Waals surface area contributed by atoms with Crippen LogP contribution in [0.25, 0.3) is 0 Å². The van der Waals surface area contributed by atoms with E-state index in [4.69, 9.17) is 0 Å². The molecule has 3 nitrogen and oxygen atoms in total. The Labute approximate surface area is 120 Å². The van der Waals surface area contributed by atoms with Crippen molar-refractivity contribution < 1.29 is 8.42 Å². The molecule has 0 saturated carbocycles. The summed E-state index contributed by atoms with van der Waals surface area (Å²) >= 11 is 2.14. The van der Waals surface area contributed by atoms with Gasteiger partial charge in [0.05, 0.1) is 4.90 Å². The molecular weight excluding hydrogens is 361 g/mol. The van der Waals surface area contributed by atoms with Gasteiger partial charge in [0.15, 0.2) is 0 Å². The molecule has 0 aliphatic carbocycles. The van der Waals surface area contributed by atoms with Crippen molar-refractivity contribution in [2.24, 2.45) is 0 Å². The summed E-state index contributed by atoms with van der Waals surface area (Å²) in [6.45, 7) is 1.96. The van der Waals surface area contributed by atoms with E-state index < -0.39 is 10.0 Å². The quantitative estimate of drug-likeness (QED) is 0.839. The molecule has 0 aliphatic rings. The Kier molecular flexibility index (Phi) is 3.91. The number of rotatable bonds is 3. The normalized spacial score (nSPS) is 11.2. The van der Waals surface area contributed by atoms with Crippen LogP contribution in [0.2, 0.25) is 0 Å². The molecule has 0 aromatic heterocycles. The summed E-state index contributed by atoms with van der Waals surface area (Å²) in [5.74, 6) is 0. The van der Waals surface area contributed by atoms with E-state index in [9.17, 15) is 8.42 Å². The number of aryl methyl sites for hydroxylation is 1. The lowest BCUT2D eigenvalue weighted by Crippen LogP contribution is -2.12. The van der Waals surface area contributed by atoms with Crippen molar-refractivity contribution in [2.75, 3.05) is 4.72 Å². The van der Waals surface area contributed by atoms with Gasteiger partial charge in [-0.15, -0.1) is 0 Å². The molecule has 2 rings (SSSR count). The SMILES string of the molecule is Cc1ccc(NS(=O)(=O)c2ccc(I)cc2)cc1. The van der Waals surface area contributed by atoms with Gasteiger partial charge in [-0.2, -0.15) is 0 Å². The number of halogens is 1. The lowest BCUT2D eigenvalue weighted by atomic mass is 10.2. The molecule has 0 atom stereocenters. The Morgan fingerprint density at radius 1 is 0.944 bits per heavy atom. The second-order valence-corrected chi connectivity index (χ2v) is 6.85. The Bertz CT molecular complexity index is 634. The van der Waals surface area contributed by atoms with Gasteiger partial charge in [0.25, 0.3) is 10.0 Å². The lowest BCUT2D eigenvalue weighted by Gasteiger charge is -2.08. The van der Waals surface area contributed by atoms with E-state index in [2.05, 4.69) is 27.3 Å². The predicted molar refractivity (Wildman–Crippen MR) is 81.1 cm³/mol. The maximum absolute atomic E-state index is 12.1. The van der Waals surface area contributed by atoms with Crippen LogP contribution in [0.4, 0.5) is 5.69 Å². The minimum atomic E-state index is -3.50. The minimum Gasteiger partial charge on any atom is -0.280 e. The highest BCUT2D eigenvalue weighted by atomic mass is 127. The standard InChI is InChI=1S/C13H12INO2S/c1-10-2-6-12(7-3-10)15-18(16,17)13-8-4-11(14)5-9-13/h2-9,15H,1H3. The first-order valence-electron chi connectivity index (χ1n) is 5.32. The van der Waals surface area contributed by atoms with E-state index in [1.54, 1.807) is 36.4 Å². The average Bonchev–Trinajstić information content (AvgIpc) is 2.32. The van der Waals surface area contributed by atoms with Crippen LogP contribution in [0, 0.1) is 10.5 Å². The summed E-state index contributed by atoms with van der Waals surface area (Å²) in [5.41, 5.74) is 1.66. The van der Waals surface area contributed by atoms with Crippen molar-refractivity contribution in [3.8, 4) is 0 Å². The Hall–Kier alpha value is -1.08. The molecule has 18 heavy (non-hydrogen) atoms. The third-order valence-electron chi connectivity index (χ3n) is 2.43. The van der Waals surface area contributed by atoms with Crippen LogP contribution in [0.1, 0.15) is 5.56 Å². The molecule has 0 bridgehead atoms. The number of nitrogens with one attached hydrogen (secondary N) is 1. The molecule has 0 heterocycles. The molecule has 2 aromatic rings. The first-order chi connectivity index (χ1) is 8.47. The highest BCUT2D eigenvalue weighted by Crippen LogP contribution is 2.17. The van der Waals surface area contributed by atoms with Crippen LogP contribution < -0.4 is 4.72 Å². The van der Waals surface area contributed by atoms with Gasteiger partial charge in [-0.3, -0.25) is 4.72 Å². The summed E-state index contributed by atoms with van der Waals surface area (Å²) in [5, 5.41) is 0. The summed E-state index contributed by atoms with van der Waals surface area (Å²) in [4.78, 5) is 0.267. The van der Waals surface area contributed by atoms with Crippen LogP contribution in [0.3, 0.4) is 0 Å². The van der Waals surface area contributed by atoms with E-state index in [0.29, 0.717) is 5.69 Å². The second-order valence-electron chi connectivity index (χ2n) is 3.93. The van der Waals surface area contributed by atoms with Crippen LogP contribution >= 0.6 is 22.6 Å². The van der Waals surface area contributed by atoms with E-state index in [0.717, 1.165) is 9.13 Å². The fourth-order valence-corrected chi connectivity index (χ4v) is 2.87. The van der Waals surface area contributed by atoms with Crippen LogP contribution in [0.15, 0.2) is 53.4 Å². The van der Waals surface area contributed by atoms with E-state index in [1.807, 2.05) is 19.1 Å². The lowest BCUT2D eigenvalue weighted by molar-refractivity contribution is 0.601. The van der Waals surface area contributed by atoms with Crippen molar-refractivity contribution in [3.63, 3.8) is 0 Å². The number of hydrogen-bond acceptors (Lipinski definition) is 2. The molecule has 0 radical (unpaired) electrons. The summed E-state index contributed by atoms with van der Waals surface area (Å²) < 4.78 is 27.7. The molecule has 1 N–H and O–H groups in total. The molecule has 0 fully saturated rings. The maximum Gasteiger partial charge on any atom is 0.261 e. The maximum atomic E-state index is 12.1. The zero-order valence-electron chi connectivity index (χ0n) is 9.72. The highest BCUT2D eigenvalue weighted by molar-refractivity contribution is 14.1. The highest BCUT2D eigenvalue weighted by Gasteiger charge is 2.13. The molecule has 0 spiro atoms. The van der Waals surface area contributed by atoms with Crippen molar-refractivity contribution in [2.45, 2.75) is 11.8 Å². The molecule has 94 valence electrons. The van der Waals surface area contributed by atoms with Gasteiger partial charge < -0.3 is 0 Å². The number of anilines is 1. The van der Waals surface area contributed by atoms with Crippen molar-refractivity contribution in [1.82, 2.24) is 0 Å². The fourth-order valence-electron chi connectivity index (χ4n) is 1.45. The third-order valence-corrected chi connectivity index (χ3v) is 4.54. The molecule has 0 saturated heterocycles. The van der Waals surface area contributed by atoms with Crippen LogP contribution in [-0.4, -0.2) is 8.42 Å². The smallest absolute Gasteiger partial charge is 0.261 e. The van der Waals surface area contributed by atoms with Crippen molar-refractivity contribution in [1.29, 1.82) is 0 Å². The molecule has 0 aliphatic heterocycles. The molecule has 0 amide bonds. The fraction of sp³-hybridized carbons (Fsp3) is 0.0769. The molecule has 2 aromatic carbocycles. The van der Waals surface area contributed by atoms with Gasteiger partial charge in [0.2, 0.25) is 0 Å². The monoisotopic (exact) mass is 373 g/mol. The summed E-state index contributed by atoms with van der Waals surface area (Å²) in [6.07, 6.45) is 0. The second kappa shape index (κ2) is 5.27.